The van der Waals surface area contributed by atoms with Crippen molar-refractivity contribution in [3.63, 3.8) is 0 Å². The molecule has 146 valence electrons. The Kier molecular flexibility index (Phi) is 6.66. The van der Waals surface area contributed by atoms with Crippen LogP contribution in [0.3, 0.4) is 0 Å². The van der Waals surface area contributed by atoms with Gasteiger partial charge in [-0.2, -0.15) is 0 Å². The van der Waals surface area contributed by atoms with Gasteiger partial charge in [0.25, 0.3) is 0 Å². The van der Waals surface area contributed by atoms with E-state index >= 15 is 0 Å². The number of hydrogen-bond donors (Lipinski definition) is 2. The molecule has 7 nitrogen and oxygen atoms in total. The highest BCUT2D eigenvalue weighted by Crippen LogP contribution is 2.30. The van der Waals surface area contributed by atoms with Crippen molar-refractivity contribution in [2.75, 3.05) is 30.6 Å². The average molecular weight is 420 g/mol. The number of nitrogens with one attached hydrogen (secondary N) is 2. The number of anilines is 3. The largest absolute Gasteiger partial charge is 0.497 e. The van der Waals surface area contributed by atoms with Gasteiger partial charge < -0.3 is 20.1 Å². The first-order chi connectivity index (χ1) is 13.6. The van der Waals surface area contributed by atoms with Crippen LogP contribution in [-0.4, -0.2) is 36.1 Å². The number of halogens is 1. The minimum absolute atomic E-state index is 0.148. The number of carbonyl (C=O) groups excluding carboxylic acids is 1. The Balaban J connectivity index is 1.56. The molecule has 0 saturated carbocycles. The predicted molar refractivity (Wildman–Crippen MR) is 108 cm³/mol. The van der Waals surface area contributed by atoms with Crippen LogP contribution in [0, 0.1) is 5.82 Å². The Morgan fingerprint density at radius 2 is 2.04 bits per heavy atom. The summed E-state index contributed by atoms with van der Waals surface area (Å²) in [6, 6.07) is 11.2. The molecule has 0 aliphatic heterocycles. The molecular weight excluding hydrogens is 403 g/mol. The van der Waals surface area contributed by atoms with Crippen molar-refractivity contribution in [3.05, 3.63) is 48.3 Å². The number of thioether (sulfide) groups is 1. The summed E-state index contributed by atoms with van der Waals surface area (Å²) in [5, 5.41) is 14.3. The Bertz CT molecular complexity index is 968. The van der Waals surface area contributed by atoms with E-state index < -0.39 is 0 Å². The van der Waals surface area contributed by atoms with E-state index in [0.29, 0.717) is 32.3 Å². The Hall–Kier alpha value is -2.85. The number of carbonyl (C=O) groups is 1. The van der Waals surface area contributed by atoms with Crippen LogP contribution in [0.15, 0.2) is 46.8 Å². The van der Waals surface area contributed by atoms with Crippen molar-refractivity contribution >= 4 is 45.5 Å². The summed E-state index contributed by atoms with van der Waals surface area (Å²) < 4.78 is 24.3. The second kappa shape index (κ2) is 9.38. The fourth-order valence-electron chi connectivity index (χ4n) is 2.23. The summed E-state index contributed by atoms with van der Waals surface area (Å²) in [6.45, 7) is 0. The number of hydrogen-bond acceptors (Lipinski definition) is 8. The number of benzene rings is 2. The summed E-state index contributed by atoms with van der Waals surface area (Å²) >= 11 is 2.53. The highest BCUT2D eigenvalue weighted by atomic mass is 32.2. The van der Waals surface area contributed by atoms with Crippen LogP contribution in [0.1, 0.15) is 0 Å². The molecule has 0 aliphatic carbocycles. The summed E-state index contributed by atoms with van der Waals surface area (Å²) in [5.41, 5.74) is 1.11. The van der Waals surface area contributed by atoms with Gasteiger partial charge in [-0.3, -0.25) is 4.79 Å². The molecule has 3 rings (SSSR count). The van der Waals surface area contributed by atoms with Crippen LogP contribution in [-0.2, 0) is 4.79 Å². The molecule has 3 aromatic rings. The molecule has 2 aromatic carbocycles. The molecule has 0 saturated heterocycles. The van der Waals surface area contributed by atoms with Crippen LogP contribution >= 0.6 is 23.1 Å². The summed E-state index contributed by atoms with van der Waals surface area (Å²) in [5.74, 6) is 0.743. The molecule has 0 fully saturated rings. The molecule has 0 aliphatic rings. The van der Waals surface area contributed by atoms with Gasteiger partial charge >= 0.3 is 0 Å². The third-order valence-corrected chi connectivity index (χ3v) is 5.46. The van der Waals surface area contributed by atoms with E-state index in [2.05, 4.69) is 20.8 Å². The van der Waals surface area contributed by atoms with Crippen molar-refractivity contribution in [3.8, 4) is 11.5 Å². The molecule has 1 amide bonds. The number of nitrogens with zero attached hydrogens (tertiary/aromatic N) is 2. The van der Waals surface area contributed by atoms with E-state index in [-0.39, 0.29) is 17.5 Å². The SMILES string of the molecule is COc1ccc(OC)c(NC(=O)CSc2nnc(Nc3cccc(F)c3)s2)c1. The van der Waals surface area contributed by atoms with Crippen LogP contribution in [0.2, 0.25) is 0 Å². The van der Waals surface area contributed by atoms with Crippen molar-refractivity contribution in [1.29, 1.82) is 0 Å². The molecule has 2 N–H and O–H groups in total. The zero-order valence-corrected chi connectivity index (χ0v) is 16.7. The third kappa shape index (κ3) is 5.33. The Morgan fingerprint density at radius 3 is 2.79 bits per heavy atom. The van der Waals surface area contributed by atoms with Gasteiger partial charge in [-0.1, -0.05) is 29.2 Å². The monoisotopic (exact) mass is 420 g/mol. The molecule has 0 spiro atoms. The molecule has 1 heterocycles. The lowest BCUT2D eigenvalue weighted by atomic mass is 10.2. The van der Waals surface area contributed by atoms with Crippen LogP contribution < -0.4 is 20.1 Å². The maximum absolute atomic E-state index is 13.2. The first-order valence-electron chi connectivity index (χ1n) is 8.08. The minimum atomic E-state index is -0.339. The lowest BCUT2D eigenvalue weighted by Crippen LogP contribution is -2.14. The fourth-order valence-corrected chi connectivity index (χ4v) is 3.81. The lowest BCUT2D eigenvalue weighted by Gasteiger charge is -2.11. The van der Waals surface area contributed by atoms with E-state index in [1.807, 2.05) is 0 Å². The number of rotatable bonds is 8. The molecular formula is C18H17FN4O3S2. The van der Waals surface area contributed by atoms with Crippen molar-refractivity contribution < 1.29 is 18.7 Å². The number of aromatic nitrogens is 2. The highest BCUT2D eigenvalue weighted by molar-refractivity contribution is 8.01. The zero-order chi connectivity index (χ0) is 19.9. The van der Waals surface area contributed by atoms with Crippen LogP contribution in [0.4, 0.5) is 20.9 Å². The zero-order valence-electron chi connectivity index (χ0n) is 15.1. The van der Waals surface area contributed by atoms with Gasteiger partial charge in [0.2, 0.25) is 11.0 Å². The van der Waals surface area contributed by atoms with E-state index in [1.165, 1.54) is 42.3 Å². The van der Waals surface area contributed by atoms with Gasteiger partial charge in [-0.15, -0.1) is 10.2 Å². The van der Waals surface area contributed by atoms with E-state index in [0.717, 1.165) is 0 Å². The summed E-state index contributed by atoms with van der Waals surface area (Å²) in [6.07, 6.45) is 0. The predicted octanol–water partition coefficient (Wildman–Crippen LogP) is 4.17. The van der Waals surface area contributed by atoms with Gasteiger partial charge in [0.1, 0.15) is 17.3 Å². The molecule has 10 heteroatoms. The van der Waals surface area contributed by atoms with Crippen molar-refractivity contribution in [2.45, 2.75) is 4.34 Å². The average Bonchev–Trinajstić information content (AvgIpc) is 3.13. The molecule has 28 heavy (non-hydrogen) atoms. The molecule has 0 radical (unpaired) electrons. The Morgan fingerprint density at radius 1 is 1.18 bits per heavy atom. The topological polar surface area (TPSA) is 85.4 Å². The van der Waals surface area contributed by atoms with E-state index in [4.69, 9.17) is 9.47 Å². The van der Waals surface area contributed by atoms with Crippen LogP contribution in [0.25, 0.3) is 0 Å². The van der Waals surface area contributed by atoms with Crippen molar-refractivity contribution in [1.82, 2.24) is 10.2 Å². The van der Waals surface area contributed by atoms with Gasteiger partial charge in [-0.05, 0) is 30.3 Å². The Labute approximate surface area is 169 Å². The van der Waals surface area contributed by atoms with Gasteiger partial charge in [0.05, 0.1) is 25.7 Å². The maximum Gasteiger partial charge on any atom is 0.234 e. The van der Waals surface area contributed by atoms with Crippen LogP contribution in [0.5, 0.6) is 11.5 Å². The standard InChI is InChI=1S/C18H17FN4O3S2/c1-25-13-6-7-15(26-2)14(9-13)21-16(24)10-27-18-23-22-17(28-18)20-12-5-3-4-11(19)8-12/h3-9H,10H2,1-2H3,(H,20,22)(H,21,24). The summed E-state index contributed by atoms with van der Waals surface area (Å²) in [4.78, 5) is 12.3. The maximum atomic E-state index is 13.2. The quantitative estimate of drug-likeness (QED) is 0.529. The fraction of sp³-hybridized carbons (Fsp3) is 0.167. The minimum Gasteiger partial charge on any atom is -0.497 e. The number of methoxy groups -OCH3 is 2. The smallest absolute Gasteiger partial charge is 0.234 e. The molecule has 0 unspecified atom stereocenters. The first kappa shape index (κ1) is 19.9. The lowest BCUT2D eigenvalue weighted by molar-refractivity contribution is -0.113. The second-order valence-electron chi connectivity index (χ2n) is 5.41. The molecule has 0 atom stereocenters. The molecule has 0 bridgehead atoms. The number of amides is 1. The van der Waals surface area contributed by atoms with Gasteiger partial charge in [-0.25, -0.2) is 4.39 Å². The first-order valence-corrected chi connectivity index (χ1v) is 9.88. The third-order valence-electron chi connectivity index (χ3n) is 3.49. The highest BCUT2D eigenvalue weighted by Gasteiger charge is 2.12. The van der Waals surface area contributed by atoms with Gasteiger partial charge in [0, 0.05) is 11.8 Å². The second-order valence-corrected chi connectivity index (χ2v) is 7.61. The van der Waals surface area contributed by atoms with E-state index in [9.17, 15) is 9.18 Å². The van der Waals surface area contributed by atoms with E-state index in [1.54, 1.807) is 37.4 Å². The normalized spacial score (nSPS) is 10.4. The van der Waals surface area contributed by atoms with Crippen molar-refractivity contribution in [2.24, 2.45) is 0 Å². The summed E-state index contributed by atoms with van der Waals surface area (Å²) in [7, 11) is 3.08. The molecule has 1 aromatic heterocycles. The van der Waals surface area contributed by atoms with Gasteiger partial charge in [0.15, 0.2) is 4.34 Å². The number of ether oxygens (including phenoxy) is 2.